The summed E-state index contributed by atoms with van der Waals surface area (Å²) >= 11 is 0. The molecule has 0 fully saturated rings. The van der Waals surface area contributed by atoms with Gasteiger partial charge in [0.05, 0.1) is 0 Å². The molecule has 2 rings (SSSR count). The molecule has 0 amide bonds. The molecule has 0 aliphatic carbocycles. The maximum absolute atomic E-state index is 5.39. The third-order valence-corrected chi connectivity index (χ3v) is 3.39. The average Bonchev–Trinajstić information content (AvgIpc) is 2.83. The van der Waals surface area contributed by atoms with Gasteiger partial charge in [-0.1, -0.05) is 12.1 Å². The number of hydrogen-bond acceptors (Lipinski definition) is 3. The second-order valence-electron chi connectivity index (χ2n) is 5.22. The number of ether oxygens (including phenoxy) is 2. The predicted octanol–water partition coefficient (Wildman–Crippen LogP) is 3.29. The molecule has 0 aromatic heterocycles. The molecular weight excluding hydrogens is 238 g/mol. The SMILES string of the molecule is C=CCC(C)NC(C)CCc1ccc2c(c1)OCO2. The number of aryl methyl sites for hydroxylation is 1. The van der Waals surface area contributed by atoms with E-state index in [-0.39, 0.29) is 0 Å². The first-order valence-corrected chi connectivity index (χ1v) is 6.94. The Hall–Kier alpha value is -1.48. The van der Waals surface area contributed by atoms with Crippen molar-refractivity contribution in [3.8, 4) is 11.5 Å². The lowest BCUT2D eigenvalue weighted by Crippen LogP contribution is -2.34. The molecule has 1 aliphatic rings. The van der Waals surface area contributed by atoms with Crippen LogP contribution < -0.4 is 14.8 Å². The predicted molar refractivity (Wildman–Crippen MR) is 77.8 cm³/mol. The second-order valence-corrected chi connectivity index (χ2v) is 5.22. The Morgan fingerprint density at radius 1 is 1.26 bits per heavy atom. The number of benzene rings is 1. The molecule has 1 aliphatic heterocycles. The first kappa shape index (κ1) is 13.9. The molecule has 3 nitrogen and oxygen atoms in total. The number of rotatable bonds is 7. The van der Waals surface area contributed by atoms with Crippen molar-refractivity contribution in [1.29, 1.82) is 0 Å². The summed E-state index contributed by atoms with van der Waals surface area (Å²) in [7, 11) is 0. The topological polar surface area (TPSA) is 30.5 Å². The van der Waals surface area contributed by atoms with Crippen molar-refractivity contribution >= 4 is 0 Å². The van der Waals surface area contributed by atoms with Crippen LogP contribution in [0.2, 0.25) is 0 Å². The molecule has 104 valence electrons. The first-order valence-electron chi connectivity index (χ1n) is 6.94. The standard InChI is InChI=1S/C16H23NO2/c1-4-5-12(2)17-13(3)6-7-14-8-9-15-16(10-14)19-11-18-15/h4,8-10,12-13,17H,1,5-7,11H2,2-3H3. The molecule has 2 atom stereocenters. The van der Waals surface area contributed by atoms with Crippen LogP contribution in [0, 0.1) is 0 Å². The van der Waals surface area contributed by atoms with Crippen LogP contribution in [-0.2, 0) is 6.42 Å². The molecule has 1 aromatic carbocycles. The van der Waals surface area contributed by atoms with Gasteiger partial charge in [0.25, 0.3) is 0 Å². The Balaban J connectivity index is 1.80. The highest BCUT2D eigenvalue weighted by Gasteiger charge is 2.13. The lowest BCUT2D eigenvalue weighted by atomic mass is 10.0. The summed E-state index contributed by atoms with van der Waals surface area (Å²) in [6.45, 7) is 8.53. The minimum absolute atomic E-state index is 0.343. The van der Waals surface area contributed by atoms with Crippen LogP contribution in [0.3, 0.4) is 0 Å². The summed E-state index contributed by atoms with van der Waals surface area (Å²) in [6, 6.07) is 7.19. The van der Waals surface area contributed by atoms with E-state index < -0.39 is 0 Å². The molecular formula is C16H23NO2. The van der Waals surface area contributed by atoms with Gasteiger partial charge in [-0.05, 0) is 50.8 Å². The fraction of sp³-hybridized carbons (Fsp3) is 0.500. The highest BCUT2D eigenvalue weighted by Crippen LogP contribution is 2.32. The maximum Gasteiger partial charge on any atom is 0.231 e. The Morgan fingerprint density at radius 3 is 2.84 bits per heavy atom. The van der Waals surface area contributed by atoms with Crippen LogP contribution >= 0.6 is 0 Å². The zero-order chi connectivity index (χ0) is 13.7. The minimum Gasteiger partial charge on any atom is -0.454 e. The summed E-state index contributed by atoms with van der Waals surface area (Å²) in [4.78, 5) is 0. The molecule has 0 saturated heterocycles. The monoisotopic (exact) mass is 261 g/mol. The molecule has 19 heavy (non-hydrogen) atoms. The molecule has 3 heteroatoms. The van der Waals surface area contributed by atoms with Gasteiger partial charge in [0.2, 0.25) is 6.79 Å². The number of fused-ring (bicyclic) bond motifs is 1. The molecule has 1 heterocycles. The Bertz CT molecular complexity index is 431. The van der Waals surface area contributed by atoms with Crippen molar-refractivity contribution < 1.29 is 9.47 Å². The summed E-state index contributed by atoms with van der Waals surface area (Å²) in [6.07, 6.45) is 5.13. The van der Waals surface area contributed by atoms with Crippen molar-refractivity contribution in [3.05, 3.63) is 36.4 Å². The minimum atomic E-state index is 0.343. The summed E-state index contributed by atoms with van der Waals surface area (Å²) in [5.41, 5.74) is 1.30. The largest absolute Gasteiger partial charge is 0.454 e. The first-order chi connectivity index (χ1) is 9.19. The van der Waals surface area contributed by atoms with Crippen LogP contribution in [0.25, 0.3) is 0 Å². The van der Waals surface area contributed by atoms with Gasteiger partial charge >= 0.3 is 0 Å². The quantitative estimate of drug-likeness (QED) is 0.764. The molecule has 1 aromatic rings. The second kappa shape index (κ2) is 6.62. The van der Waals surface area contributed by atoms with Crippen molar-refractivity contribution in [3.63, 3.8) is 0 Å². The van der Waals surface area contributed by atoms with Crippen molar-refractivity contribution in [2.24, 2.45) is 0 Å². The zero-order valence-corrected chi connectivity index (χ0v) is 11.8. The molecule has 0 radical (unpaired) electrons. The highest BCUT2D eigenvalue weighted by molar-refractivity contribution is 5.44. The van der Waals surface area contributed by atoms with Gasteiger partial charge in [0, 0.05) is 12.1 Å². The third-order valence-electron chi connectivity index (χ3n) is 3.39. The van der Waals surface area contributed by atoms with E-state index in [2.05, 4.69) is 37.9 Å². The van der Waals surface area contributed by atoms with Crippen LogP contribution in [0.15, 0.2) is 30.9 Å². The average molecular weight is 261 g/mol. The fourth-order valence-corrected chi connectivity index (χ4v) is 2.37. The third kappa shape index (κ3) is 4.00. The Labute approximate surface area is 115 Å². The van der Waals surface area contributed by atoms with Crippen molar-refractivity contribution in [1.82, 2.24) is 5.32 Å². The van der Waals surface area contributed by atoms with E-state index in [1.54, 1.807) is 0 Å². The van der Waals surface area contributed by atoms with Gasteiger partial charge in [0.15, 0.2) is 11.5 Å². The van der Waals surface area contributed by atoms with Gasteiger partial charge in [0.1, 0.15) is 0 Å². The lowest BCUT2D eigenvalue weighted by Gasteiger charge is -2.19. The molecule has 2 unspecified atom stereocenters. The van der Waals surface area contributed by atoms with Gasteiger partial charge < -0.3 is 14.8 Å². The van der Waals surface area contributed by atoms with E-state index in [0.29, 0.717) is 18.9 Å². The van der Waals surface area contributed by atoms with E-state index in [0.717, 1.165) is 30.8 Å². The van der Waals surface area contributed by atoms with Gasteiger partial charge in [-0.15, -0.1) is 6.58 Å². The van der Waals surface area contributed by atoms with Crippen molar-refractivity contribution in [2.45, 2.75) is 45.2 Å². The smallest absolute Gasteiger partial charge is 0.231 e. The zero-order valence-electron chi connectivity index (χ0n) is 11.8. The van der Waals surface area contributed by atoms with E-state index in [4.69, 9.17) is 9.47 Å². The van der Waals surface area contributed by atoms with E-state index in [1.807, 2.05) is 12.1 Å². The van der Waals surface area contributed by atoms with Crippen LogP contribution in [-0.4, -0.2) is 18.9 Å². The summed E-state index contributed by atoms with van der Waals surface area (Å²) in [5, 5.41) is 3.58. The number of nitrogens with one attached hydrogen (secondary N) is 1. The summed E-state index contributed by atoms with van der Waals surface area (Å²) in [5.74, 6) is 1.73. The van der Waals surface area contributed by atoms with Crippen LogP contribution in [0.1, 0.15) is 32.3 Å². The van der Waals surface area contributed by atoms with Gasteiger partial charge in [-0.2, -0.15) is 0 Å². The van der Waals surface area contributed by atoms with E-state index in [1.165, 1.54) is 5.56 Å². The van der Waals surface area contributed by atoms with Gasteiger partial charge in [-0.3, -0.25) is 0 Å². The van der Waals surface area contributed by atoms with E-state index in [9.17, 15) is 0 Å². The Morgan fingerprint density at radius 2 is 2.05 bits per heavy atom. The van der Waals surface area contributed by atoms with Crippen LogP contribution in [0.5, 0.6) is 11.5 Å². The normalized spacial score (nSPS) is 16.1. The highest BCUT2D eigenvalue weighted by atomic mass is 16.7. The van der Waals surface area contributed by atoms with E-state index >= 15 is 0 Å². The summed E-state index contributed by atoms with van der Waals surface area (Å²) < 4.78 is 10.7. The molecule has 0 spiro atoms. The van der Waals surface area contributed by atoms with Crippen molar-refractivity contribution in [2.75, 3.05) is 6.79 Å². The number of hydrogen-bond donors (Lipinski definition) is 1. The maximum atomic E-state index is 5.39. The molecule has 1 N–H and O–H groups in total. The van der Waals surface area contributed by atoms with Crippen LogP contribution in [0.4, 0.5) is 0 Å². The van der Waals surface area contributed by atoms with Gasteiger partial charge in [-0.25, -0.2) is 0 Å². The Kier molecular flexibility index (Phi) is 4.86. The lowest BCUT2D eigenvalue weighted by molar-refractivity contribution is 0.174. The fourth-order valence-electron chi connectivity index (χ4n) is 2.37. The molecule has 0 bridgehead atoms. The molecule has 0 saturated carbocycles.